The first-order chi connectivity index (χ1) is 20.2. The zero-order valence-corrected chi connectivity index (χ0v) is 24.1. The van der Waals surface area contributed by atoms with Gasteiger partial charge in [0.1, 0.15) is 29.9 Å². The van der Waals surface area contributed by atoms with E-state index in [2.05, 4.69) is 17.5 Å². The zero-order valence-electron chi connectivity index (χ0n) is 23.3. The van der Waals surface area contributed by atoms with Crippen LogP contribution in [0.25, 0.3) is 16.8 Å². The minimum absolute atomic E-state index is 0.0770. The maximum Gasteiger partial charge on any atom is 0.246 e. The second kappa shape index (κ2) is 11.2. The van der Waals surface area contributed by atoms with Crippen molar-refractivity contribution < 1.29 is 23.4 Å². The number of piperazine rings is 1. The predicted molar refractivity (Wildman–Crippen MR) is 156 cm³/mol. The Bertz CT molecular complexity index is 1520. The standard InChI is InChI=1S/C31H32ClF2N5O3/c1-3-26(40)37-10-11-38(18(2)15-37)28-22-13-24(32)27(21-7-6-19(33)12-25(21)34)30-29(22)39(31(41)23(28)14-35)20(17-42-30)16-36-8-4-5-9-36/h3,6-7,12-13,18,20,31,41H,1,4-5,8-11,15-17H2,2H3/t18-,20?,31?/m0/s1. The highest BCUT2D eigenvalue weighted by molar-refractivity contribution is 6.34. The van der Waals surface area contributed by atoms with Crippen LogP contribution in [-0.4, -0.2) is 89.9 Å². The summed E-state index contributed by atoms with van der Waals surface area (Å²) in [4.78, 5) is 20.2. The summed E-state index contributed by atoms with van der Waals surface area (Å²) in [5.74, 6) is -1.39. The molecular weight excluding hydrogens is 564 g/mol. The summed E-state index contributed by atoms with van der Waals surface area (Å²) in [5.41, 5.74) is 2.13. The van der Waals surface area contributed by atoms with Crippen molar-refractivity contribution in [2.75, 3.05) is 50.8 Å². The molecule has 0 aliphatic carbocycles. The van der Waals surface area contributed by atoms with Crippen LogP contribution < -0.4 is 9.64 Å². The van der Waals surface area contributed by atoms with E-state index in [4.69, 9.17) is 16.3 Å². The number of ether oxygens (including phenoxy) is 1. The van der Waals surface area contributed by atoms with Gasteiger partial charge in [-0.05, 0) is 57.1 Å². The highest BCUT2D eigenvalue weighted by Crippen LogP contribution is 2.54. The maximum absolute atomic E-state index is 15.1. The average molecular weight is 596 g/mol. The molecule has 3 atom stereocenters. The molecule has 42 heavy (non-hydrogen) atoms. The summed E-state index contributed by atoms with van der Waals surface area (Å²) >= 11 is 6.87. The quantitative estimate of drug-likeness (QED) is 0.518. The number of halogens is 3. The number of aliphatic hydroxyl groups is 1. The smallest absolute Gasteiger partial charge is 0.246 e. The lowest BCUT2D eigenvalue weighted by Gasteiger charge is -2.50. The Balaban J connectivity index is 1.53. The molecule has 4 aliphatic heterocycles. The minimum atomic E-state index is -1.29. The van der Waals surface area contributed by atoms with E-state index in [9.17, 15) is 19.6 Å². The molecule has 220 valence electrons. The van der Waals surface area contributed by atoms with Crippen LogP contribution in [0.15, 0.2) is 42.5 Å². The number of likely N-dealkylation sites (tertiary alicyclic amines) is 1. The molecule has 0 bridgehead atoms. The van der Waals surface area contributed by atoms with Gasteiger partial charge in [0.25, 0.3) is 0 Å². The van der Waals surface area contributed by atoms with Gasteiger partial charge >= 0.3 is 0 Å². The van der Waals surface area contributed by atoms with Crippen LogP contribution in [0.2, 0.25) is 5.02 Å². The lowest BCUT2D eigenvalue weighted by atomic mass is 9.89. The molecule has 0 radical (unpaired) electrons. The van der Waals surface area contributed by atoms with E-state index in [1.807, 2.05) is 11.8 Å². The number of hydrogen-bond donors (Lipinski definition) is 1. The lowest BCUT2D eigenvalue weighted by Crippen LogP contribution is -2.58. The Morgan fingerprint density at radius 1 is 1.21 bits per heavy atom. The van der Waals surface area contributed by atoms with Crippen molar-refractivity contribution in [3.8, 4) is 22.9 Å². The Morgan fingerprint density at radius 3 is 2.64 bits per heavy atom. The van der Waals surface area contributed by atoms with Gasteiger partial charge in [-0.25, -0.2) is 8.78 Å². The molecule has 0 spiro atoms. The third kappa shape index (κ3) is 4.70. The van der Waals surface area contributed by atoms with Gasteiger partial charge in [0.15, 0.2) is 12.0 Å². The molecule has 8 nitrogen and oxygen atoms in total. The summed E-state index contributed by atoms with van der Waals surface area (Å²) < 4.78 is 35.4. The van der Waals surface area contributed by atoms with Crippen LogP contribution >= 0.6 is 11.6 Å². The molecule has 6 rings (SSSR count). The Morgan fingerprint density at radius 2 is 1.98 bits per heavy atom. The van der Waals surface area contributed by atoms with Crippen molar-refractivity contribution in [2.45, 2.75) is 38.1 Å². The number of anilines is 1. The minimum Gasteiger partial charge on any atom is -0.488 e. The number of carbonyl (C=O) groups is 1. The van der Waals surface area contributed by atoms with Crippen LogP contribution in [0.4, 0.5) is 14.5 Å². The Kier molecular flexibility index (Phi) is 7.60. The number of nitrogens with zero attached hydrogens (tertiary/aromatic N) is 5. The van der Waals surface area contributed by atoms with Gasteiger partial charge in [-0.15, -0.1) is 0 Å². The van der Waals surface area contributed by atoms with E-state index < -0.39 is 17.9 Å². The topological polar surface area (TPSA) is 83.3 Å². The van der Waals surface area contributed by atoms with E-state index in [1.54, 1.807) is 15.9 Å². The summed E-state index contributed by atoms with van der Waals surface area (Å²) in [5, 5.41) is 22.5. The van der Waals surface area contributed by atoms with Crippen molar-refractivity contribution in [1.29, 1.82) is 5.26 Å². The fourth-order valence-corrected chi connectivity index (χ4v) is 7.05. The third-order valence-corrected chi connectivity index (χ3v) is 9.00. The molecule has 2 aromatic rings. The molecule has 1 amide bonds. The fraction of sp³-hybridized carbons (Fsp3) is 0.419. The molecular formula is C31H32ClF2N5O3. The summed E-state index contributed by atoms with van der Waals surface area (Å²) in [6, 6.07) is 6.74. The lowest BCUT2D eigenvalue weighted by molar-refractivity contribution is -0.128. The van der Waals surface area contributed by atoms with Crippen molar-refractivity contribution in [1.82, 2.24) is 14.7 Å². The Hall–Kier alpha value is -3.65. The van der Waals surface area contributed by atoms with E-state index in [0.717, 1.165) is 38.1 Å². The van der Waals surface area contributed by atoms with Crippen LogP contribution in [0, 0.1) is 23.0 Å². The predicted octanol–water partition coefficient (Wildman–Crippen LogP) is 4.23. The van der Waals surface area contributed by atoms with Gasteiger partial charge in [-0.3, -0.25) is 4.79 Å². The van der Waals surface area contributed by atoms with Crippen molar-refractivity contribution >= 4 is 28.9 Å². The highest BCUT2D eigenvalue weighted by atomic mass is 35.5. The molecule has 2 fully saturated rings. The van der Waals surface area contributed by atoms with E-state index >= 15 is 4.39 Å². The van der Waals surface area contributed by atoms with Gasteiger partial charge < -0.3 is 29.4 Å². The number of nitriles is 1. The number of rotatable bonds is 5. The normalized spacial score (nSPS) is 23.9. The third-order valence-electron chi connectivity index (χ3n) is 8.70. The van der Waals surface area contributed by atoms with Gasteiger partial charge in [0.2, 0.25) is 5.91 Å². The number of benzene rings is 2. The van der Waals surface area contributed by atoms with Crippen molar-refractivity contribution in [3.05, 3.63) is 64.7 Å². The summed E-state index contributed by atoms with van der Waals surface area (Å²) in [6.07, 6.45) is 2.17. The van der Waals surface area contributed by atoms with Crippen LogP contribution in [0.5, 0.6) is 5.75 Å². The monoisotopic (exact) mass is 595 g/mol. The van der Waals surface area contributed by atoms with Gasteiger partial charge in [0.05, 0.1) is 22.4 Å². The zero-order chi connectivity index (χ0) is 29.7. The maximum atomic E-state index is 15.1. The molecule has 1 N–H and O–H groups in total. The first kappa shape index (κ1) is 28.5. The molecule has 2 unspecified atom stereocenters. The van der Waals surface area contributed by atoms with Gasteiger partial charge in [0, 0.05) is 55.0 Å². The average Bonchev–Trinajstić information content (AvgIpc) is 3.48. The van der Waals surface area contributed by atoms with Gasteiger partial charge in [-0.1, -0.05) is 18.2 Å². The number of carbonyl (C=O) groups excluding carboxylic acids is 1. The van der Waals surface area contributed by atoms with Crippen LogP contribution in [-0.2, 0) is 4.79 Å². The van der Waals surface area contributed by atoms with Crippen LogP contribution in [0.3, 0.4) is 0 Å². The van der Waals surface area contributed by atoms with Gasteiger partial charge in [-0.2, -0.15) is 5.26 Å². The molecule has 4 heterocycles. The largest absolute Gasteiger partial charge is 0.488 e. The first-order valence-corrected chi connectivity index (χ1v) is 14.6. The number of aliphatic hydroxyl groups excluding tert-OH is 1. The molecule has 11 heteroatoms. The molecule has 0 aromatic heterocycles. The number of amides is 1. The van der Waals surface area contributed by atoms with Crippen molar-refractivity contribution in [2.24, 2.45) is 0 Å². The molecule has 2 saturated heterocycles. The highest BCUT2D eigenvalue weighted by Gasteiger charge is 2.46. The van der Waals surface area contributed by atoms with E-state index in [1.165, 1.54) is 12.1 Å². The molecule has 4 aliphatic rings. The Labute approximate surface area is 248 Å². The first-order valence-electron chi connectivity index (χ1n) is 14.2. The summed E-state index contributed by atoms with van der Waals surface area (Å²) in [7, 11) is 0. The molecule has 0 saturated carbocycles. The van der Waals surface area contributed by atoms with Crippen molar-refractivity contribution in [3.63, 3.8) is 0 Å². The SMILES string of the molecule is C=CC(=O)N1CCN(C2=C(C#N)C(O)N3c4c2cc(Cl)c(-c2ccc(F)cc2F)c4OCC3CN2CCCC2)[C@@H](C)C1. The second-order valence-electron chi connectivity index (χ2n) is 11.2. The second-order valence-corrected chi connectivity index (χ2v) is 11.6. The molecule has 2 aromatic carbocycles. The van der Waals surface area contributed by atoms with Crippen LogP contribution in [0.1, 0.15) is 25.3 Å². The van der Waals surface area contributed by atoms with E-state index in [-0.39, 0.29) is 52.1 Å². The number of hydrogen-bond acceptors (Lipinski definition) is 7. The van der Waals surface area contributed by atoms with E-state index in [0.29, 0.717) is 43.1 Å². The summed E-state index contributed by atoms with van der Waals surface area (Å²) in [6.45, 7) is 9.42. The fourth-order valence-electron chi connectivity index (χ4n) is 6.75.